The number of ether oxygens (including phenoxy) is 1. The molecule has 1 N–H and O–H groups in total. The van der Waals surface area contributed by atoms with Crippen LogP contribution in [-0.4, -0.2) is 44.6 Å². The second-order valence-electron chi connectivity index (χ2n) is 4.60. The minimum Gasteiger partial charge on any atom is -0.481 e. The molecule has 0 aliphatic carbocycles. The van der Waals surface area contributed by atoms with Crippen molar-refractivity contribution in [3.8, 4) is 0 Å². The van der Waals surface area contributed by atoms with Gasteiger partial charge in [0.1, 0.15) is 5.52 Å². The summed E-state index contributed by atoms with van der Waals surface area (Å²) in [5.41, 5.74) is 2.65. The van der Waals surface area contributed by atoms with E-state index in [4.69, 9.17) is 9.84 Å². The van der Waals surface area contributed by atoms with Crippen molar-refractivity contribution in [3.05, 3.63) is 30.6 Å². The number of nitrogens with zero attached hydrogens (tertiary/aromatic N) is 3. The molecular formula is C14H17N3O3S. The molecule has 0 fully saturated rings. The first-order valence-electron chi connectivity index (χ1n) is 6.45. The van der Waals surface area contributed by atoms with Crippen LogP contribution in [-0.2, 0) is 16.1 Å². The molecule has 2 rings (SSSR count). The monoisotopic (exact) mass is 307 g/mol. The lowest BCUT2D eigenvalue weighted by atomic mass is 10.4. The van der Waals surface area contributed by atoms with E-state index in [0.29, 0.717) is 24.9 Å². The maximum atomic E-state index is 10.7. The Labute approximate surface area is 126 Å². The molecule has 0 bridgehead atoms. The highest BCUT2D eigenvalue weighted by Gasteiger charge is 2.12. The Bertz CT molecular complexity index is 654. The molecule has 0 saturated heterocycles. The van der Waals surface area contributed by atoms with Gasteiger partial charge in [0, 0.05) is 12.7 Å². The highest BCUT2D eigenvalue weighted by molar-refractivity contribution is 7.99. The Morgan fingerprint density at radius 3 is 3.10 bits per heavy atom. The van der Waals surface area contributed by atoms with E-state index in [0.717, 1.165) is 16.6 Å². The molecule has 21 heavy (non-hydrogen) atoms. The number of thioether (sulfide) groups is 1. The van der Waals surface area contributed by atoms with Gasteiger partial charge in [-0.05, 0) is 13.0 Å². The number of aliphatic carboxylic acids is 1. The molecule has 6 nitrogen and oxygen atoms in total. The van der Waals surface area contributed by atoms with Crippen LogP contribution in [0, 0.1) is 0 Å². The summed E-state index contributed by atoms with van der Waals surface area (Å²) in [4.78, 5) is 19.2. The van der Waals surface area contributed by atoms with Crippen LogP contribution in [0.1, 0.15) is 6.92 Å². The van der Waals surface area contributed by atoms with Gasteiger partial charge in [0.05, 0.1) is 30.7 Å². The van der Waals surface area contributed by atoms with Gasteiger partial charge in [-0.2, -0.15) is 0 Å². The molecule has 0 aliphatic heterocycles. The molecule has 0 unspecified atom stereocenters. The molecule has 0 atom stereocenters. The van der Waals surface area contributed by atoms with Gasteiger partial charge in [-0.3, -0.25) is 9.78 Å². The van der Waals surface area contributed by atoms with Crippen molar-refractivity contribution in [1.29, 1.82) is 0 Å². The molecule has 0 saturated carbocycles. The minimum absolute atomic E-state index is 0.0244. The third kappa shape index (κ3) is 4.30. The molecule has 0 spiro atoms. The predicted octanol–water partition coefficient (Wildman–Crippen LogP) is 2.20. The van der Waals surface area contributed by atoms with Crippen LogP contribution < -0.4 is 0 Å². The van der Waals surface area contributed by atoms with E-state index in [1.807, 2.05) is 17.6 Å². The van der Waals surface area contributed by atoms with Crippen LogP contribution in [0.15, 0.2) is 35.8 Å². The van der Waals surface area contributed by atoms with Crippen LogP contribution in [0.25, 0.3) is 11.0 Å². The van der Waals surface area contributed by atoms with Crippen molar-refractivity contribution in [1.82, 2.24) is 14.5 Å². The van der Waals surface area contributed by atoms with Gasteiger partial charge in [-0.25, -0.2) is 4.98 Å². The fourth-order valence-electron chi connectivity index (χ4n) is 1.81. The molecule has 0 aliphatic rings. The highest BCUT2D eigenvalue weighted by Crippen LogP contribution is 2.23. The topological polar surface area (TPSA) is 77.2 Å². The summed E-state index contributed by atoms with van der Waals surface area (Å²) in [7, 11) is 0. The first kappa shape index (κ1) is 15.5. The Morgan fingerprint density at radius 1 is 1.57 bits per heavy atom. The van der Waals surface area contributed by atoms with Crippen LogP contribution in [0.3, 0.4) is 0 Å². The maximum Gasteiger partial charge on any atom is 0.313 e. The van der Waals surface area contributed by atoms with Gasteiger partial charge in [0.25, 0.3) is 0 Å². The molecule has 7 heteroatoms. The van der Waals surface area contributed by atoms with Gasteiger partial charge in [0.15, 0.2) is 5.16 Å². The van der Waals surface area contributed by atoms with Crippen molar-refractivity contribution < 1.29 is 14.6 Å². The average Bonchev–Trinajstić information content (AvgIpc) is 2.79. The molecule has 2 aromatic rings. The van der Waals surface area contributed by atoms with E-state index < -0.39 is 5.97 Å². The molecular weight excluding hydrogens is 290 g/mol. The normalized spacial score (nSPS) is 10.9. The van der Waals surface area contributed by atoms with Crippen molar-refractivity contribution in [2.24, 2.45) is 0 Å². The second kappa shape index (κ2) is 7.24. The lowest BCUT2D eigenvalue weighted by Gasteiger charge is -2.09. The van der Waals surface area contributed by atoms with Crippen LogP contribution >= 0.6 is 11.8 Å². The summed E-state index contributed by atoms with van der Waals surface area (Å²) in [5, 5.41) is 9.48. The molecule has 112 valence electrons. The standard InChI is InChI=1S/C14H17N3O3S/c1-10(2)8-20-6-5-17-12-3-4-15-7-11(12)16-14(17)21-9-13(18)19/h3-4,7H,1,5-6,8-9H2,2H3,(H,18,19). The number of hydrogen-bond donors (Lipinski definition) is 1. The molecule has 0 amide bonds. The van der Waals surface area contributed by atoms with E-state index in [1.165, 1.54) is 11.8 Å². The number of carboxylic acid groups (broad SMARTS) is 1. The Kier molecular flexibility index (Phi) is 5.35. The second-order valence-corrected chi connectivity index (χ2v) is 5.55. The van der Waals surface area contributed by atoms with E-state index in [9.17, 15) is 4.79 Å². The first-order valence-corrected chi connectivity index (χ1v) is 7.43. The van der Waals surface area contributed by atoms with E-state index in [2.05, 4.69) is 16.5 Å². The zero-order valence-corrected chi connectivity index (χ0v) is 12.6. The lowest BCUT2D eigenvalue weighted by molar-refractivity contribution is -0.133. The number of carbonyl (C=O) groups is 1. The third-order valence-electron chi connectivity index (χ3n) is 2.65. The van der Waals surface area contributed by atoms with Gasteiger partial charge in [-0.15, -0.1) is 0 Å². The summed E-state index contributed by atoms with van der Waals surface area (Å²) in [6.07, 6.45) is 3.37. The van der Waals surface area contributed by atoms with E-state index in [-0.39, 0.29) is 5.75 Å². The molecule has 2 heterocycles. The summed E-state index contributed by atoms with van der Waals surface area (Å²) >= 11 is 1.20. The van der Waals surface area contributed by atoms with Crippen LogP contribution in [0.5, 0.6) is 0 Å². The maximum absolute atomic E-state index is 10.7. The first-order chi connectivity index (χ1) is 10.1. The molecule has 2 aromatic heterocycles. The minimum atomic E-state index is -0.865. The summed E-state index contributed by atoms with van der Waals surface area (Å²) < 4.78 is 7.47. The average molecular weight is 307 g/mol. The van der Waals surface area contributed by atoms with Crippen molar-refractivity contribution in [2.75, 3.05) is 19.0 Å². The van der Waals surface area contributed by atoms with Crippen LogP contribution in [0.2, 0.25) is 0 Å². The van der Waals surface area contributed by atoms with E-state index in [1.54, 1.807) is 12.4 Å². The number of hydrogen-bond acceptors (Lipinski definition) is 5. The fourth-order valence-corrected chi connectivity index (χ4v) is 2.58. The van der Waals surface area contributed by atoms with Crippen molar-refractivity contribution >= 4 is 28.8 Å². The predicted molar refractivity (Wildman–Crippen MR) is 81.5 cm³/mol. The SMILES string of the molecule is C=C(C)COCCn1c(SCC(=O)O)nc2cnccc21. The Hall–Kier alpha value is -1.86. The number of fused-ring (bicyclic) bond motifs is 1. The summed E-state index contributed by atoms with van der Waals surface area (Å²) in [6.45, 7) is 7.34. The van der Waals surface area contributed by atoms with Crippen molar-refractivity contribution in [3.63, 3.8) is 0 Å². The Balaban J connectivity index is 2.15. The van der Waals surface area contributed by atoms with Gasteiger partial charge < -0.3 is 14.4 Å². The number of imidazole rings is 1. The fraction of sp³-hybridized carbons (Fsp3) is 0.357. The summed E-state index contributed by atoms with van der Waals surface area (Å²) in [6, 6.07) is 1.87. The number of rotatable bonds is 8. The number of pyridine rings is 1. The zero-order valence-electron chi connectivity index (χ0n) is 11.8. The van der Waals surface area contributed by atoms with Gasteiger partial charge in [0.2, 0.25) is 0 Å². The quantitative estimate of drug-likeness (QED) is 0.458. The Morgan fingerprint density at radius 2 is 2.38 bits per heavy atom. The van der Waals surface area contributed by atoms with Crippen LogP contribution in [0.4, 0.5) is 0 Å². The zero-order chi connectivity index (χ0) is 15.2. The largest absolute Gasteiger partial charge is 0.481 e. The summed E-state index contributed by atoms with van der Waals surface area (Å²) in [5.74, 6) is -0.890. The smallest absolute Gasteiger partial charge is 0.313 e. The van der Waals surface area contributed by atoms with Gasteiger partial charge >= 0.3 is 5.97 Å². The lowest BCUT2D eigenvalue weighted by Crippen LogP contribution is -2.09. The molecule has 0 aromatic carbocycles. The van der Waals surface area contributed by atoms with E-state index >= 15 is 0 Å². The van der Waals surface area contributed by atoms with Crippen molar-refractivity contribution in [2.45, 2.75) is 18.6 Å². The molecule has 0 radical (unpaired) electrons. The number of aromatic nitrogens is 3. The highest BCUT2D eigenvalue weighted by atomic mass is 32.2. The number of carboxylic acids is 1. The van der Waals surface area contributed by atoms with Gasteiger partial charge in [-0.1, -0.05) is 23.9 Å². The third-order valence-corrected chi connectivity index (χ3v) is 3.61.